The van der Waals surface area contributed by atoms with E-state index in [9.17, 15) is 13.6 Å². The summed E-state index contributed by atoms with van der Waals surface area (Å²) in [4.78, 5) is 13.5. The fourth-order valence-electron chi connectivity index (χ4n) is 0.637. The Morgan fingerprint density at radius 1 is 1.50 bits per heavy atom. The molecule has 12 heavy (non-hydrogen) atoms. The van der Waals surface area contributed by atoms with E-state index in [1.54, 1.807) is 0 Å². The molecular formula is C8H11F2NO. The first kappa shape index (κ1) is 10.9. The van der Waals surface area contributed by atoms with Crippen LogP contribution in [0.1, 0.15) is 13.8 Å². The molecule has 0 amide bonds. The van der Waals surface area contributed by atoms with Crippen molar-refractivity contribution in [2.24, 2.45) is 4.99 Å². The lowest BCUT2D eigenvalue weighted by molar-refractivity contribution is -0.104. The van der Waals surface area contributed by atoms with Gasteiger partial charge >= 0.3 is 0 Å². The standard InChI is InChI=1S/C8H11F2NO/c1-6(5-12)4-7(11-3)8(2,9)10/h4-5H,1-3H3/b6-4+,11-7?. The van der Waals surface area contributed by atoms with Crippen LogP contribution >= 0.6 is 0 Å². The molecule has 0 saturated heterocycles. The van der Waals surface area contributed by atoms with Crippen molar-refractivity contribution in [1.82, 2.24) is 0 Å². The van der Waals surface area contributed by atoms with Crippen molar-refractivity contribution in [3.63, 3.8) is 0 Å². The fourth-order valence-corrected chi connectivity index (χ4v) is 0.637. The van der Waals surface area contributed by atoms with E-state index < -0.39 is 5.92 Å². The van der Waals surface area contributed by atoms with E-state index in [1.807, 2.05) is 0 Å². The summed E-state index contributed by atoms with van der Waals surface area (Å²) in [5.41, 5.74) is -0.149. The molecule has 0 bridgehead atoms. The van der Waals surface area contributed by atoms with Gasteiger partial charge in [-0.25, -0.2) is 0 Å². The maximum atomic E-state index is 12.6. The number of rotatable bonds is 3. The van der Waals surface area contributed by atoms with Crippen LogP contribution < -0.4 is 0 Å². The number of halogens is 2. The molecule has 0 aliphatic carbocycles. The summed E-state index contributed by atoms with van der Waals surface area (Å²) in [6.45, 7) is 2.19. The van der Waals surface area contributed by atoms with Gasteiger partial charge in [0, 0.05) is 14.0 Å². The number of hydrogen-bond acceptors (Lipinski definition) is 2. The Hall–Kier alpha value is -1.06. The molecule has 2 nitrogen and oxygen atoms in total. The lowest BCUT2D eigenvalue weighted by Crippen LogP contribution is -2.22. The summed E-state index contributed by atoms with van der Waals surface area (Å²) in [7, 11) is 1.27. The molecule has 0 heterocycles. The van der Waals surface area contributed by atoms with Crippen LogP contribution in [-0.4, -0.2) is 25.0 Å². The van der Waals surface area contributed by atoms with Crippen LogP contribution in [0.15, 0.2) is 16.6 Å². The number of alkyl halides is 2. The van der Waals surface area contributed by atoms with Crippen molar-refractivity contribution >= 4 is 12.0 Å². The molecule has 0 aromatic rings. The maximum Gasteiger partial charge on any atom is 0.286 e. The number of nitrogens with zero attached hydrogens (tertiary/aromatic N) is 1. The van der Waals surface area contributed by atoms with Gasteiger partial charge in [0.1, 0.15) is 12.0 Å². The first-order valence-electron chi connectivity index (χ1n) is 3.40. The highest BCUT2D eigenvalue weighted by Gasteiger charge is 2.26. The number of hydrogen-bond donors (Lipinski definition) is 0. The lowest BCUT2D eigenvalue weighted by atomic mass is 10.1. The van der Waals surface area contributed by atoms with Gasteiger partial charge in [0.2, 0.25) is 0 Å². The highest BCUT2D eigenvalue weighted by Crippen LogP contribution is 2.15. The van der Waals surface area contributed by atoms with E-state index in [0.717, 1.165) is 13.0 Å². The zero-order valence-corrected chi connectivity index (χ0v) is 7.27. The largest absolute Gasteiger partial charge is 0.298 e. The van der Waals surface area contributed by atoms with Gasteiger partial charge in [-0.05, 0) is 18.6 Å². The molecule has 0 atom stereocenters. The van der Waals surface area contributed by atoms with Crippen molar-refractivity contribution in [3.8, 4) is 0 Å². The van der Waals surface area contributed by atoms with Gasteiger partial charge in [-0.1, -0.05) is 0 Å². The maximum absolute atomic E-state index is 12.6. The Morgan fingerprint density at radius 2 is 2.00 bits per heavy atom. The van der Waals surface area contributed by atoms with E-state index >= 15 is 0 Å². The highest BCUT2D eigenvalue weighted by molar-refractivity contribution is 6.03. The van der Waals surface area contributed by atoms with Gasteiger partial charge < -0.3 is 0 Å². The number of carbonyl (C=O) groups excluding carboxylic acids is 1. The molecule has 0 spiro atoms. The number of carbonyl (C=O) groups is 1. The third-order valence-electron chi connectivity index (χ3n) is 1.24. The van der Waals surface area contributed by atoms with Crippen LogP contribution in [0.4, 0.5) is 8.78 Å². The summed E-state index contributed by atoms with van der Waals surface area (Å²) >= 11 is 0. The molecule has 0 aliphatic rings. The molecule has 68 valence electrons. The molecule has 4 heteroatoms. The molecule has 0 aromatic heterocycles. The highest BCUT2D eigenvalue weighted by atomic mass is 19.3. The minimum atomic E-state index is -2.99. The summed E-state index contributed by atoms with van der Waals surface area (Å²) in [5, 5.41) is 0. The Balaban J connectivity index is 4.74. The Kier molecular flexibility index (Phi) is 3.73. The second-order valence-corrected chi connectivity index (χ2v) is 2.50. The van der Waals surface area contributed by atoms with Crippen molar-refractivity contribution < 1.29 is 13.6 Å². The third-order valence-corrected chi connectivity index (χ3v) is 1.24. The Bertz CT molecular complexity index is 226. The molecule has 0 rings (SSSR count). The smallest absolute Gasteiger partial charge is 0.286 e. The minimum Gasteiger partial charge on any atom is -0.298 e. The third kappa shape index (κ3) is 3.37. The van der Waals surface area contributed by atoms with E-state index in [4.69, 9.17) is 0 Å². The quantitative estimate of drug-likeness (QED) is 0.365. The molecule has 0 unspecified atom stereocenters. The second-order valence-electron chi connectivity index (χ2n) is 2.50. The first-order valence-corrected chi connectivity index (χ1v) is 3.40. The van der Waals surface area contributed by atoms with Crippen molar-refractivity contribution in [2.75, 3.05) is 7.05 Å². The first-order chi connectivity index (χ1) is 5.41. The van der Waals surface area contributed by atoms with Gasteiger partial charge in [0.05, 0.1) is 0 Å². The zero-order valence-electron chi connectivity index (χ0n) is 7.27. The number of aldehydes is 1. The Morgan fingerprint density at radius 3 is 2.25 bits per heavy atom. The van der Waals surface area contributed by atoms with E-state index in [1.165, 1.54) is 14.0 Å². The zero-order chi connectivity index (χ0) is 9.78. The van der Waals surface area contributed by atoms with Gasteiger partial charge in [-0.2, -0.15) is 8.78 Å². The van der Waals surface area contributed by atoms with E-state index in [0.29, 0.717) is 6.29 Å². The molecule has 0 saturated carbocycles. The van der Waals surface area contributed by atoms with Crippen LogP contribution in [-0.2, 0) is 4.79 Å². The predicted molar refractivity (Wildman–Crippen MR) is 43.8 cm³/mol. The minimum absolute atomic E-state index is 0.233. The molecule has 0 radical (unpaired) electrons. The normalized spacial score (nSPS) is 14.8. The van der Waals surface area contributed by atoms with Crippen LogP contribution in [0.2, 0.25) is 0 Å². The molecule has 0 fully saturated rings. The second kappa shape index (κ2) is 4.09. The van der Waals surface area contributed by atoms with Crippen LogP contribution in [0.5, 0.6) is 0 Å². The molecule has 0 aliphatic heterocycles. The van der Waals surface area contributed by atoms with E-state index in [-0.39, 0.29) is 11.3 Å². The van der Waals surface area contributed by atoms with Crippen LogP contribution in [0, 0.1) is 0 Å². The topological polar surface area (TPSA) is 29.4 Å². The fraction of sp³-hybridized carbons (Fsp3) is 0.500. The van der Waals surface area contributed by atoms with Crippen LogP contribution in [0.3, 0.4) is 0 Å². The SMILES string of the molecule is CN=C(/C=C(\C)C=O)C(C)(F)F. The van der Waals surface area contributed by atoms with Crippen molar-refractivity contribution in [3.05, 3.63) is 11.6 Å². The monoisotopic (exact) mass is 175 g/mol. The number of allylic oxidation sites excluding steroid dienone is 2. The average molecular weight is 175 g/mol. The average Bonchev–Trinajstić information content (AvgIpc) is 1.97. The van der Waals surface area contributed by atoms with E-state index in [2.05, 4.69) is 4.99 Å². The summed E-state index contributed by atoms with van der Waals surface area (Å²) in [6, 6.07) is 0. The Labute approximate surface area is 70.0 Å². The van der Waals surface area contributed by atoms with Crippen molar-refractivity contribution in [1.29, 1.82) is 0 Å². The van der Waals surface area contributed by atoms with Crippen molar-refractivity contribution in [2.45, 2.75) is 19.8 Å². The molecular weight excluding hydrogens is 164 g/mol. The molecule has 0 N–H and O–H groups in total. The van der Waals surface area contributed by atoms with Gasteiger partial charge in [0.15, 0.2) is 0 Å². The lowest BCUT2D eigenvalue weighted by Gasteiger charge is -2.09. The van der Waals surface area contributed by atoms with Crippen LogP contribution in [0.25, 0.3) is 0 Å². The predicted octanol–water partition coefficient (Wildman–Crippen LogP) is 1.86. The summed E-state index contributed by atoms with van der Waals surface area (Å²) in [6.07, 6.45) is 1.59. The summed E-state index contributed by atoms with van der Waals surface area (Å²) < 4.78 is 25.2. The number of aliphatic imine (C=N–C) groups is 1. The summed E-state index contributed by atoms with van der Waals surface area (Å²) in [5.74, 6) is -2.99. The van der Waals surface area contributed by atoms with Gasteiger partial charge in [-0.3, -0.25) is 9.79 Å². The van der Waals surface area contributed by atoms with Gasteiger partial charge in [-0.15, -0.1) is 0 Å². The van der Waals surface area contributed by atoms with Gasteiger partial charge in [0.25, 0.3) is 5.92 Å². The molecule has 0 aromatic carbocycles.